The number of allylic oxidation sites excluding steroid dienone is 1. The van der Waals surface area contributed by atoms with Gasteiger partial charge in [-0.1, -0.05) is 42.2 Å². The lowest BCUT2D eigenvalue weighted by Crippen LogP contribution is -2.39. The third-order valence-electron chi connectivity index (χ3n) is 4.90. The Kier molecular flexibility index (Phi) is 6.53. The molecule has 1 unspecified atom stereocenters. The van der Waals surface area contributed by atoms with Gasteiger partial charge in [0.05, 0.1) is 28.5 Å². The molecule has 0 bridgehead atoms. The number of ether oxygens (including phenoxy) is 2. The first-order chi connectivity index (χ1) is 15.5. The molecule has 0 aliphatic carbocycles. The average Bonchev–Trinajstić information content (AvgIpc) is 3.40. The summed E-state index contributed by atoms with van der Waals surface area (Å²) in [5, 5.41) is 1.96. The van der Waals surface area contributed by atoms with E-state index < -0.39 is 12.0 Å². The Labute approximate surface area is 193 Å². The highest BCUT2D eigenvalue weighted by Gasteiger charge is 2.33. The molecule has 3 aromatic rings. The maximum absolute atomic E-state index is 13.4. The van der Waals surface area contributed by atoms with Gasteiger partial charge in [-0.15, -0.1) is 11.3 Å². The normalized spacial score (nSPS) is 15.8. The number of carbonyl (C=O) groups is 1. The number of esters is 1. The van der Waals surface area contributed by atoms with Gasteiger partial charge in [-0.2, -0.15) is 0 Å². The molecule has 0 radical (unpaired) electrons. The number of aromatic nitrogens is 1. The molecule has 1 aromatic carbocycles. The molecule has 0 saturated carbocycles. The van der Waals surface area contributed by atoms with E-state index in [9.17, 15) is 9.59 Å². The van der Waals surface area contributed by atoms with Gasteiger partial charge >= 0.3 is 5.97 Å². The van der Waals surface area contributed by atoms with Crippen molar-refractivity contribution in [3.05, 3.63) is 95.8 Å². The maximum atomic E-state index is 13.4. The Morgan fingerprint density at radius 3 is 2.72 bits per heavy atom. The van der Waals surface area contributed by atoms with Crippen molar-refractivity contribution in [3.8, 4) is 5.75 Å². The minimum Gasteiger partial charge on any atom is -0.490 e. The van der Waals surface area contributed by atoms with E-state index >= 15 is 0 Å². The van der Waals surface area contributed by atoms with Gasteiger partial charge in [0.15, 0.2) is 4.80 Å². The minimum absolute atomic E-state index is 0.187. The molecule has 0 fully saturated rings. The fourth-order valence-corrected chi connectivity index (χ4v) is 5.28. The lowest BCUT2D eigenvalue weighted by Gasteiger charge is -2.24. The number of fused-ring (bicyclic) bond motifs is 1. The molecule has 0 N–H and O–H groups in total. The number of benzene rings is 1. The minimum atomic E-state index is -0.635. The number of rotatable bonds is 7. The summed E-state index contributed by atoms with van der Waals surface area (Å²) in [6.07, 6.45) is 3.53. The summed E-state index contributed by atoms with van der Waals surface area (Å²) in [6.45, 7) is 7.81. The molecule has 4 rings (SSSR count). The van der Waals surface area contributed by atoms with Crippen molar-refractivity contribution in [2.24, 2.45) is 4.99 Å². The Balaban J connectivity index is 1.88. The predicted octanol–water partition coefficient (Wildman–Crippen LogP) is 3.42. The molecule has 1 atom stereocenters. The van der Waals surface area contributed by atoms with Crippen LogP contribution in [-0.4, -0.2) is 23.8 Å². The standard InChI is InChI=1S/C24H22N2O4S2/c1-4-12-30-17-10-8-16(9-11-17)21-20(23(28)29-5-2)15(3)25-24-26(21)22(27)19(32-24)14-18-7-6-13-31-18/h4,6-11,13-14,21H,1,5,12H2,2-3H3/b19-14+. The second-order valence-corrected chi connectivity index (χ2v) is 8.97. The summed E-state index contributed by atoms with van der Waals surface area (Å²) in [5.74, 6) is 0.204. The monoisotopic (exact) mass is 466 g/mol. The molecule has 1 aliphatic rings. The summed E-state index contributed by atoms with van der Waals surface area (Å²) in [4.78, 5) is 32.5. The third kappa shape index (κ3) is 4.24. The van der Waals surface area contributed by atoms with Crippen LogP contribution in [0.3, 0.4) is 0 Å². The number of nitrogens with zero attached hydrogens (tertiary/aromatic N) is 2. The van der Waals surface area contributed by atoms with Crippen LogP contribution in [0, 0.1) is 0 Å². The molecule has 8 heteroatoms. The van der Waals surface area contributed by atoms with Gasteiger partial charge in [0.1, 0.15) is 12.4 Å². The van der Waals surface area contributed by atoms with E-state index in [0.29, 0.717) is 33.0 Å². The van der Waals surface area contributed by atoms with Gasteiger partial charge in [-0.25, -0.2) is 9.79 Å². The lowest BCUT2D eigenvalue weighted by atomic mass is 9.96. The van der Waals surface area contributed by atoms with E-state index in [4.69, 9.17) is 9.47 Å². The Hall–Kier alpha value is -3.23. The van der Waals surface area contributed by atoms with Crippen molar-refractivity contribution in [1.29, 1.82) is 0 Å². The van der Waals surface area contributed by atoms with Crippen molar-refractivity contribution in [2.75, 3.05) is 13.2 Å². The number of hydrogen-bond donors (Lipinski definition) is 0. The number of carbonyl (C=O) groups excluding carboxylic acids is 1. The van der Waals surface area contributed by atoms with Gasteiger partial charge in [0.2, 0.25) is 0 Å². The Morgan fingerprint density at radius 1 is 1.28 bits per heavy atom. The van der Waals surface area contributed by atoms with Gasteiger partial charge < -0.3 is 9.47 Å². The van der Waals surface area contributed by atoms with E-state index in [2.05, 4.69) is 11.6 Å². The van der Waals surface area contributed by atoms with Crippen LogP contribution in [0.1, 0.15) is 30.3 Å². The van der Waals surface area contributed by atoms with Crippen LogP contribution in [0.2, 0.25) is 0 Å². The summed E-state index contributed by atoms with van der Waals surface area (Å²) in [6, 6.07) is 10.6. The largest absolute Gasteiger partial charge is 0.490 e. The smallest absolute Gasteiger partial charge is 0.338 e. The zero-order valence-electron chi connectivity index (χ0n) is 17.7. The Morgan fingerprint density at radius 2 is 2.06 bits per heavy atom. The zero-order valence-corrected chi connectivity index (χ0v) is 19.4. The molecule has 0 spiro atoms. The van der Waals surface area contributed by atoms with E-state index in [1.807, 2.05) is 47.9 Å². The van der Waals surface area contributed by atoms with Gasteiger partial charge in [-0.3, -0.25) is 9.36 Å². The molecule has 0 amide bonds. The topological polar surface area (TPSA) is 69.9 Å². The molecular formula is C24H22N2O4S2. The van der Waals surface area contributed by atoms with E-state index in [-0.39, 0.29) is 12.2 Å². The molecule has 32 heavy (non-hydrogen) atoms. The molecule has 2 aromatic heterocycles. The van der Waals surface area contributed by atoms with Crippen LogP contribution in [0.4, 0.5) is 0 Å². The third-order valence-corrected chi connectivity index (χ3v) is 6.70. The van der Waals surface area contributed by atoms with Crippen LogP contribution in [0.15, 0.2) is 75.5 Å². The molecule has 3 heterocycles. The van der Waals surface area contributed by atoms with Crippen LogP contribution in [-0.2, 0) is 9.53 Å². The number of thiophene rings is 1. The molecule has 0 saturated heterocycles. The molecule has 6 nitrogen and oxygen atoms in total. The fraction of sp³-hybridized carbons (Fsp3) is 0.208. The summed E-state index contributed by atoms with van der Waals surface area (Å²) < 4.78 is 13.0. The quantitative estimate of drug-likeness (QED) is 0.395. The Bertz CT molecular complexity index is 1350. The first-order valence-corrected chi connectivity index (χ1v) is 11.8. The highest BCUT2D eigenvalue weighted by Crippen LogP contribution is 2.31. The van der Waals surface area contributed by atoms with Gasteiger partial charge in [-0.05, 0) is 49.1 Å². The van der Waals surface area contributed by atoms with E-state index in [1.54, 1.807) is 35.8 Å². The summed E-state index contributed by atoms with van der Waals surface area (Å²) in [7, 11) is 0. The second-order valence-electron chi connectivity index (χ2n) is 6.99. The van der Waals surface area contributed by atoms with Crippen LogP contribution in [0.5, 0.6) is 5.75 Å². The highest BCUT2D eigenvalue weighted by atomic mass is 32.1. The van der Waals surface area contributed by atoms with Crippen LogP contribution >= 0.6 is 22.7 Å². The van der Waals surface area contributed by atoms with E-state index in [1.165, 1.54) is 11.3 Å². The van der Waals surface area contributed by atoms with Gasteiger partial charge in [0, 0.05) is 4.88 Å². The molecule has 164 valence electrons. The van der Waals surface area contributed by atoms with Crippen molar-refractivity contribution in [1.82, 2.24) is 4.57 Å². The zero-order chi connectivity index (χ0) is 22.7. The predicted molar refractivity (Wildman–Crippen MR) is 127 cm³/mol. The molecule has 1 aliphatic heterocycles. The number of hydrogen-bond acceptors (Lipinski definition) is 7. The second kappa shape index (κ2) is 9.50. The fourth-order valence-electron chi connectivity index (χ4n) is 3.51. The van der Waals surface area contributed by atoms with Crippen LogP contribution in [0.25, 0.3) is 6.08 Å². The lowest BCUT2D eigenvalue weighted by molar-refractivity contribution is -0.139. The first-order valence-electron chi connectivity index (χ1n) is 10.1. The van der Waals surface area contributed by atoms with Crippen molar-refractivity contribution < 1.29 is 14.3 Å². The highest BCUT2D eigenvalue weighted by molar-refractivity contribution is 7.11. The SMILES string of the molecule is C=CCOc1ccc(C2C(C(=O)OCC)=C(C)N=c3s/c(=C/c4cccs4)c(=O)n32)cc1. The summed E-state index contributed by atoms with van der Waals surface area (Å²) >= 11 is 2.87. The number of thiazole rings is 1. The average molecular weight is 467 g/mol. The van der Waals surface area contributed by atoms with Crippen molar-refractivity contribution in [2.45, 2.75) is 19.9 Å². The maximum Gasteiger partial charge on any atom is 0.338 e. The molecular weight excluding hydrogens is 444 g/mol. The van der Waals surface area contributed by atoms with Crippen LogP contribution < -0.4 is 19.6 Å². The first kappa shape index (κ1) is 22.0. The van der Waals surface area contributed by atoms with E-state index in [0.717, 1.165) is 10.4 Å². The van der Waals surface area contributed by atoms with Crippen molar-refractivity contribution in [3.63, 3.8) is 0 Å². The van der Waals surface area contributed by atoms with Crippen molar-refractivity contribution >= 4 is 34.7 Å². The summed E-state index contributed by atoms with van der Waals surface area (Å²) in [5.41, 5.74) is 1.50. The van der Waals surface area contributed by atoms with Gasteiger partial charge in [0.25, 0.3) is 5.56 Å².